The van der Waals surface area contributed by atoms with Crippen molar-refractivity contribution < 1.29 is 9.53 Å². The smallest absolute Gasteiger partial charge is 0.232 e. The maximum absolute atomic E-state index is 12.5. The molecule has 0 unspecified atom stereocenters. The molecule has 0 atom stereocenters. The van der Waals surface area contributed by atoms with Crippen LogP contribution in [0.15, 0.2) is 36.1 Å². The van der Waals surface area contributed by atoms with E-state index in [1.54, 1.807) is 18.2 Å². The van der Waals surface area contributed by atoms with Gasteiger partial charge in [-0.2, -0.15) is 0 Å². The Bertz CT molecular complexity index is 792. The molecule has 0 radical (unpaired) electrons. The van der Waals surface area contributed by atoms with Crippen LogP contribution in [0, 0.1) is 13.8 Å². The Morgan fingerprint density at radius 3 is 2.57 bits per heavy atom. The monoisotopic (exact) mass is 318 g/mol. The number of ether oxygens (including phenoxy) is 1. The summed E-state index contributed by atoms with van der Waals surface area (Å²) in [6.07, 6.45) is 1.66. The normalized spacial score (nSPS) is 15.2. The number of halogens is 2. The molecular formula is C17H12Cl2O2. The average molecular weight is 319 g/mol. The molecule has 4 heteroatoms. The largest absolute Gasteiger partial charge is 0.452 e. The Morgan fingerprint density at radius 1 is 1.14 bits per heavy atom. The second-order valence-electron chi connectivity index (χ2n) is 4.97. The third kappa shape index (κ3) is 2.35. The third-order valence-electron chi connectivity index (χ3n) is 3.51. The standard InChI is InChI=1S/C17H12Cl2O2/c1-9-7-13-15(10(2)16(9)19)17(20)14(21-13)8-11-5-3-4-6-12(11)18/h3-8H,1-2H3/b14-8-. The Kier molecular flexibility index (Phi) is 3.52. The van der Waals surface area contributed by atoms with Gasteiger partial charge in [0, 0.05) is 10.0 Å². The molecule has 1 aliphatic rings. The van der Waals surface area contributed by atoms with E-state index in [1.807, 2.05) is 32.0 Å². The Balaban J connectivity index is 2.10. The van der Waals surface area contributed by atoms with Crippen LogP contribution in [0.25, 0.3) is 6.08 Å². The number of allylic oxidation sites excluding steroid dienone is 1. The lowest BCUT2D eigenvalue weighted by Crippen LogP contribution is -2.00. The summed E-state index contributed by atoms with van der Waals surface area (Å²) in [6.45, 7) is 3.72. The summed E-state index contributed by atoms with van der Waals surface area (Å²) in [5, 5.41) is 1.17. The quantitative estimate of drug-likeness (QED) is 0.673. The minimum absolute atomic E-state index is 0.163. The summed E-state index contributed by atoms with van der Waals surface area (Å²) < 4.78 is 5.69. The van der Waals surface area contributed by atoms with Crippen molar-refractivity contribution >= 4 is 35.1 Å². The first kappa shape index (κ1) is 14.2. The fraction of sp³-hybridized carbons (Fsp3) is 0.118. The molecule has 0 fully saturated rings. The van der Waals surface area contributed by atoms with Crippen LogP contribution in [0.2, 0.25) is 10.0 Å². The molecule has 0 spiro atoms. The number of carbonyl (C=O) groups excluding carboxylic acids is 1. The van der Waals surface area contributed by atoms with Gasteiger partial charge in [-0.15, -0.1) is 0 Å². The fourth-order valence-electron chi connectivity index (χ4n) is 2.40. The van der Waals surface area contributed by atoms with Gasteiger partial charge in [0.15, 0.2) is 5.76 Å². The van der Waals surface area contributed by atoms with E-state index in [1.165, 1.54) is 0 Å². The van der Waals surface area contributed by atoms with Gasteiger partial charge in [0.1, 0.15) is 5.75 Å². The second-order valence-corrected chi connectivity index (χ2v) is 5.75. The Hall–Kier alpha value is -1.77. The zero-order valence-corrected chi connectivity index (χ0v) is 13.0. The highest BCUT2D eigenvalue weighted by Gasteiger charge is 2.30. The van der Waals surface area contributed by atoms with Gasteiger partial charge >= 0.3 is 0 Å². The molecule has 1 heterocycles. The van der Waals surface area contributed by atoms with Crippen LogP contribution in [-0.2, 0) is 0 Å². The molecule has 0 saturated carbocycles. The van der Waals surface area contributed by atoms with Gasteiger partial charge in [0.05, 0.1) is 5.56 Å². The van der Waals surface area contributed by atoms with Crippen LogP contribution in [0.1, 0.15) is 27.0 Å². The minimum atomic E-state index is -0.163. The van der Waals surface area contributed by atoms with Crippen LogP contribution in [-0.4, -0.2) is 5.78 Å². The molecular weight excluding hydrogens is 307 g/mol. The number of hydrogen-bond acceptors (Lipinski definition) is 2. The molecule has 2 aromatic carbocycles. The summed E-state index contributed by atoms with van der Waals surface area (Å²) in [5.41, 5.74) is 2.92. The Labute approximate surface area is 132 Å². The summed E-state index contributed by atoms with van der Waals surface area (Å²) in [5.74, 6) is 0.657. The molecule has 0 N–H and O–H groups in total. The first-order valence-corrected chi connectivity index (χ1v) is 7.23. The molecule has 106 valence electrons. The van der Waals surface area contributed by atoms with E-state index >= 15 is 0 Å². The van der Waals surface area contributed by atoms with Crippen molar-refractivity contribution in [2.75, 3.05) is 0 Å². The molecule has 21 heavy (non-hydrogen) atoms. The van der Waals surface area contributed by atoms with E-state index in [-0.39, 0.29) is 11.5 Å². The zero-order valence-electron chi connectivity index (χ0n) is 11.5. The number of carbonyl (C=O) groups is 1. The lowest BCUT2D eigenvalue weighted by Gasteiger charge is -2.05. The van der Waals surface area contributed by atoms with Gasteiger partial charge in [-0.05, 0) is 48.7 Å². The van der Waals surface area contributed by atoms with Crippen LogP contribution < -0.4 is 4.74 Å². The highest BCUT2D eigenvalue weighted by atomic mass is 35.5. The van der Waals surface area contributed by atoms with Crippen LogP contribution in [0.3, 0.4) is 0 Å². The van der Waals surface area contributed by atoms with Crippen molar-refractivity contribution in [2.24, 2.45) is 0 Å². The van der Waals surface area contributed by atoms with Crippen molar-refractivity contribution in [1.82, 2.24) is 0 Å². The number of Topliss-reactive ketones (excluding diaryl/α,β-unsaturated/α-hetero) is 1. The molecule has 0 saturated heterocycles. The highest BCUT2D eigenvalue weighted by Crippen LogP contribution is 2.39. The Morgan fingerprint density at radius 2 is 1.86 bits per heavy atom. The number of ketones is 1. The lowest BCUT2D eigenvalue weighted by molar-refractivity contribution is 0.101. The van der Waals surface area contributed by atoms with Crippen LogP contribution >= 0.6 is 23.2 Å². The predicted molar refractivity (Wildman–Crippen MR) is 85.3 cm³/mol. The number of aryl methyl sites for hydroxylation is 1. The highest BCUT2D eigenvalue weighted by molar-refractivity contribution is 6.33. The van der Waals surface area contributed by atoms with Crippen molar-refractivity contribution in [2.45, 2.75) is 13.8 Å². The maximum atomic E-state index is 12.5. The number of benzene rings is 2. The summed E-state index contributed by atoms with van der Waals surface area (Å²) in [6, 6.07) is 9.09. The number of fused-ring (bicyclic) bond motifs is 1. The molecule has 2 aromatic rings. The van der Waals surface area contributed by atoms with Crippen LogP contribution in [0.4, 0.5) is 0 Å². The van der Waals surface area contributed by atoms with E-state index in [9.17, 15) is 4.79 Å². The summed E-state index contributed by atoms with van der Waals surface area (Å²) in [4.78, 5) is 12.5. The van der Waals surface area contributed by atoms with Crippen molar-refractivity contribution in [1.29, 1.82) is 0 Å². The van der Waals surface area contributed by atoms with Gasteiger partial charge in [-0.3, -0.25) is 4.79 Å². The SMILES string of the molecule is Cc1cc2c(c(C)c1Cl)C(=O)/C(=C/c1ccccc1Cl)O2. The fourth-order valence-corrected chi connectivity index (χ4v) is 2.74. The zero-order chi connectivity index (χ0) is 15.1. The topological polar surface area (TPSA) is 26.3 Å². The van der Waals surface area contributed by atoms with Gasteiger partial charge in [0.2, 0.25) is 5.78 Å². The molecule has 0 aliphatic carbocycles. The summed E-state index contributed by atoms with van der Waals surface area (Å²) in [7, 11) is 0. The van der Waals surface area contributed by atoms with Gasteiger partial charge < -0.3 is 4.74 Å². The molecule has 0 amide bonds. The van der Waals surface area contributed by atoms with Crippen LogP contribution in [0.5, 0.6) is 5.75 Å². The molecule has 1 aliphatic heterocycles. The first-order chi connectivity index (χ1) is 9.99. The summed E-state index contributed by atoms with van der Waals surface area (Å²) >= 11 is 12.3. The van der Waals surface area contributed by atoms with E-state index < -0.39 is 0 Å². The van der Waals surface area contributed by atoms with E-state index in [2.05, 4.69) is 0 Å². The van der Waals surface area contributed by atoms with E-state index in [0.29, 0.717) is 21.4 Å². The molecule has 2 nitrogen and oxygen atoms in total. The van der Waals surface area contributed by atoms with Crippen molar-refractivity contribution in [3.8, 4) is 5.75 Å². The minimum Gasteiger partial charge on any atom is -0.452 e. The number of hydrogen-bond donors (Lipinski definition) is 0. The molecule has 3 rings (SSSR count). The van der Waals surface area contributed by atoms with Gasteiger partial charge in [-0.25, -0.2) is 0 Å². The van der Waals surface area contributed by atoms with E-state index in [0.717, 1.165) is 16.7 Å². The van der Waals surface area contributed by atoms with Crippen molar-refractivity contribution in [3.63, 3.8) is 0 Å². The first-order valence-electron chi connectivity index (χ1n) is 6.47. The average Bonchev–Trinajstić information content (AvgIpc) is 2.75. The van der Waals surface area contributed by atoms with Crippen molar-refractivity contribution in [3.05, 3.63) is 68.4 Å². The number of rotatable bonds is 1. The van der Waals surface area contributed by atoms with E-state index in [4.69, 9.17) is 27.9 Å². The predicted octanol–water partition coefficient (Wildman–Crippen LogP) is 5.23. The van der Waals surface area contributed by atoms with Gasteiger partial charge in [-0.1, -0.05) is 41.4 Å². The maximum Gasteiger partial charge on any atom is 0.232 e. The third-order valence-corrected chi connectivity index (χ3v) is 4.43. The molecule has 0 bridgehead atoms. The lowest BCUT2D eigenvalue weighted by atomic mass is 10.0. The molecule has 0 aromatic heterocycles. The second kappa shape index (κ2) is 5.21. The van der Waals surface area contributed by atoms with Gasteiger partial charge in [0.25, 0.3) is 0 Å².